The van der Waals surface area contributed by atoms with Crippen LogP contribution in [0.15, 0.2) is 12.1 Å². The molecule has 1 aromatic rings. The maximum atomic E-state index is 12.3. The molecule has 0 saturated carbocycles. The van der Waals surface area contributed by atoms with Gasteiger partial charge in [0.2, 0.25) is 5.91 Å². The van der Waals surface area contributed by atoms with Crippen LogP contribution in [0.5, 0.6) is 0 Å². The van der Waals surface area contributed by atoms with Crippen molar-refractivity contribution in [1.82, 2.24) is 5.32 Å². The van der Waals surface area contributed by atoms with Crippen LogP contribution in [0, 0.1) is 5.41 Å². The van der Waals surface area contributed by atoms with E-state index >= 15 is 0 Å². The van der Waals surface area contributed by atoms with E-state index in [9.17, 15) is 4.79 Å². The molecule has 6 heteroatoms. The highest BCUT2D eigenvalue weighted by atomic mass is 35.5. The summed E-state index contributed by atoms with van der Waals surface area (Å²) in [5, 5.41) is 3.04. The fraction of sp³-hybridized carbons (Fsp3) is 0.615. The molecular formula is C13H22Cl2N2OS. The van der Waals surface area contributed by atoms with E-state index in [1.807, 2.05) is 32.9 Å². The van der Waals surface area contributed by atoms with Gasteiger partial charge in [-0.25, -0.2) is 0 Å². The summed E-state index contributed by atoms with van der Waals surface area (Å²) in [7, 11) is 0. The minimum atomic E-state index is -0.449. The highest BCUT2D eigenvalue weighted by molar-refractivity contribution is 7.16. The summed E-state index contributed by atoms with van der Waals surface area (Å²) < 4.78 is 0.738. The maximum absolute atomic E-state index is 12.3. The van der Waals surface area contributed by atoms with Crippen LogP contribution >= 0.6 is 35.3 Å². The molecule has 0 bridgehead atoms. The van der Waals surface area contributed by atoms with Crippen molar-refractivity contribution in [3.05, 3.63) is 21.3 Å². The van der Waals surface area contributed by atoms with Crippen molar-refractivity contribution < 1.29 is 4.79 Å². The molecule has 1 rings (SSSR count). The largest absolute Gasteiger partial charge is 0.348 e. The summed E-state index contributed by atoms with van der Waals surface area (Å²) in [6.45, 7) is 6.35. The Morgan fingerprint density at radius 2 is 2.05 bits per heavy atom. The van der Waals surface area contributed by atoms with Crippen molar-refractivity contribution in [2.24, 2.45) is 11.1 Å². The Bertz CT molecular complexity index is 397. The van der Waals surface area contributed by atoms with E-state index in [1.54, 1.807) is 0 Å². The fourth-order valence-corrected chi connectivity index (χ4v) is 3.00. The van der Waals surface area contributed by atoms with Crippen molar-refractivity contribution in [2.75, 3.05) is 6.54 Å². The molecule has 19 heavy (non-hydrogen) atoms. The van der Waals surface area contributed by atoms with Crippen molar-refractivity contribution in [2.45, 2.75) is 39.7 Å². The molecule has 0 radical (unpaired) electrons. The highest BCUT2D eigenvalue weighted by Crippen LogP contribution is 2.29. The Hall–Kier alpha value is -0.290. The van der Waals surface area contributed by atoms with Crippen molar-refractivity contribution in [1.29, 1.82) is 0 Å². The monoisotopic (exact) mass is 324 g/mol. The van der Waals surface area contributed by atoms with Gasteiger partial charge in [0.15, 0.2) is 0 Å². The van der Waals surface area contributed by atoms with Crippen molar-refractivity contribution >= 4 is 41.3 Å². The van der Waals surface area contributed by atoms with E-state index in [1.165, 1.54) is 11.3 Å². The molecule has 0 spiro atoms. The lowest BCUT2D eigenvalue weighted by molar-refractivity contribution is -0.131. The average molecular weight is 325 g/mol. The SMILES string of the molecule is CCC(CC)(CN)C(=O)NC(C)c1ccc(Cl)s1.Cl. The van der Waals surface area contributed by atoms with Gasteiger partial charge in [-0.05, 0) is 31.9 Å². The average Bonchev–Trinajstić information content (AvgIpc) is 2.79. The normalized spacial score (nSPS) is 12.7. The van der Waals surface area contributed by atoms with Gasteiger partial charge in [0.25, 0.3) is 0 Å². The molecule has 1 heterocycles. The predicted octanol–water partition coefficient (Wildman–Crippen LogP) is 3.77. The molecule has 0 aromatic carbocycles. The van der Waals surface area contributed by atoms with E-state index in [4.69, 9.17) is 17.3 Å². The second-order valence-corrected chi connectivity index (χ2v) is 6.28. The predicted molar refractivity (Wildman–Crippen MR) is 85.2 cm³/mol. The van der Waals surface area contributed by atoms with Crippen molar-refractivity contribution in [3.63, 3.8) is 0 Å². The van der Waals surface area contributed by atoms with Gasteiger partial charge in [0, 0.05) is 11.4 Å². The van der Waals surface area contributed by atoms with E-state index in [0.717, 1.165) is 22.1 Å². The summed E-state index contributed by atoms with van der Waals surface area (Å²) in [6.07, 6.45) is 1.51. The molecule has 0 saturated heterocycles. The zero-order valence-electron chi connectivity index (χ0n) is 11.5. The Balaban J connectivity index is 0.00000324. The zero-order valence-corrected chi connectivity index (χ0v) is 13.9. The van der Waals surface area contributed by atoms with Crippen LogP contribution in [0.2, 0.25) is 4.34 Å². The number of carbonyl (C=O) groups excluding carboxylic acids is 1. The third-order valence-corrected chi connectivity index (χ3v) is 5.01. The number of halogens is 2. The lowest BCUT2D eigenvalue weighted by Gasteiger charge is -2.30. The van der Waals surface area contributed by atoms with Gasteiger partial charge in [-0.1, -0.05) is 25.4 Å². The minimum Gasteiger partial charge on any atom is -0.348 e. The first-order valence-electron chi connectivity index (χ1n) is 6.25. The first-order valence-corrected chi connectivity index (χ1v) is 7.44. The second kappa shape index (κ2) is 8.10. The number of hydrogen-bond donors (Lipinski definition) is 2. The van der Waals surface area contributed by atoms with Crippen LogP contribution in [0.3, 0.4) is 0 Å². The lowest BCUT2D eigenvalue weighted by Crippen LogP contribution is -2.45. The zero-order chi connectivity index (χ0) is 13.8. The number of nitrogens with one attached hydrogen (secondary N) is 1. The van der Waals surface area contributed by atoms with Gasteiger partial charge in [0.1, 0.15) is 0 Å². The molecule has 1 amide bonds. The smallest absolute Gasteiger partial charge is 0.227 e. The summed E-state index contributed by atoms with van der Waals surface area (Å²) in [4.78, 5) is 13.4. The van der Waals surface area contributed by atoms with E-state index in [2.05, 4.69) is 5.32 Å². The standard InChI is InChI=1S/C13H21ClN2OS.ClH/c1-4-13(5-2,8-15)12(17)16-9(3)10-6-7-11(14)18-10;/h6-7,9H,4-5,8,15H2,1-3H3,(H,16,17);1H. The summed E-state index contributed by atoms with van der Waals surface area (Å²) >= 11 is 7.39. The molecule has 1 aromatic heterocycles. The Labute approximate surface area is 130 Å². The molecule has 1 unspecified atom stereocenters. The minimum absolute atomic E-state index is 0. The summed E-state index contributed by atoms with van der Waals surface area (Å²) in [5.74, 6) is 0.0343. The van der Waals surface area contributed by atoms with E-state index in [0.29, 0.717) is 6.54 Å². The van der Waals surface area contributed by atoms with Crippen LogP contribution in [-0.4, -0.2) is 12.5 Å². The number of nitrogens with two attached hydrogens (primary N) is 1. The molecule has 0 aliphatic carbocycles. The Kier molecular flexibility index (Phi) is 7.98. The van der Waals surface area contributed by atoms with Gasteiger partial charge in [0.05, 0.1) is 15.8 Å². The summed E-state index contributed by atoms with van der Waals surface area (Å²) in [5.41, 5.74) is 5.32. The van der Waals surface area contributed by atoms with Gasteiger partial charge in [-0.2, -0.15) is 0 Å². The third kappa shape index (κ3) is 4.35. The van der Waals surface area contributed by atoms with Gasteiger partial charge in [-0.3, -0.25) is 4.79 Å². The van der Waals surface area contributed by atoms with Gasteiger partial charge in [-0.15, -0.1) is 23.7 Å². The number of amides is 1. The first kappa shape index (κ1) is 18.7. The van der Waals surface area contributed by atoms with Gasteiger partial charge < -0.3 is 11.1 Å². The second-order valence-electron chi connectivity index (χ2n) is 4.53. The molecule has 0 fully saturated rings. The van der Waals surface area contributed by atoms with Crippen molar-refractivity contribution in [3.8, 4) is 0 Å². The Morgan fingerprint density at radius 1 is 1.47 bits per heavy atom. The highest BCUT2D eigenvalue weighted by Gasteiger charge is 2.34. The van der Waals surface area contributed by atoms with Crippen LogP contribution in [0.25, 0.3) is 0 Å². The van der Waals surface area contributed by atoms with E-state index < -0.39 is 5.41 Å². The molecule has 0 aliphatic rings. The van der Waals surface area contributed by atoms with Crippen LogP contribution < -0.4 is 11.1 Å². The number of rotatable bonds is 6. The van der Waals surface area contributed by atoms with E-state index in [-0.39, 0.29) is 24.4 Å². The molecule has 3 nitrogen and oxygen atoms in total. The van der Waals surface area contributed by atoms with Crippen LogP contribution in [-0.2, 0) is 4.79 Å². The number of thiophene rings is 1. The molecule has 1 atom stereocenters. The molecule has 110 valence electrons. The topological polar surface area (TPSA) is 55.1 Å². The molecule has 0 aliphatic heterocycles. The van der Waals surface area contributed by atoms with Crippen LogP contribution in [0.1, 0.15) is 44.5 Å². The fourth-order valence-electron chi connectivity index (χ4n) is 1.93. The number of carbonyl (C=O) groups is 1. The maximum Gasteiger partial charge on any atom is 0.227 e. The first-order chi connectivity index (χ1) is 8.49. The molecular weight excluding hydrogens is 303 g/mol. The summed E-state index contributed by atoms with van der Waals surface area (Å²) in [6, 6.07) is 3.76. The number of hydrogen-bond acceptors (Lipinski definition) is 3. The third-order valence-electron chi connectivity index (χ3n) is 3.59. The van der Waals surface area contributed by atoms with Crippen LogP contribution in [0.4, 0.5) is 0 Å². The van der Waals surface area contributed by atoms with Gasteiger partial charge >= 0.3 is 0 Å². The lowest BCUT2D eigenvalue weighted by atomic mass is 9.81. The molecule has 3 N–H and O–H groups in total. The quantitative estimate of drug-likeness (QED) is 0.836. The Morgan fingerprint density at radius 3 is 2.42 bits per heavy atom.